The third kappa shape index (κ3) is 4.36. The molecule has 1 amide bonds. The smallest absolute Gasteiger partial charge is 0.368 e. The summed E-state index contributed by atoms with van der Waals surface area (Å²) in [6.45, 7) is 0. The predicted molar refractivity (Wildman–Crippen MR) is 37.4 cm³/mol. The lowest BCUT2D eigenvalue weighted by atomic mass is 9.99. The topological polar surface area (TPSA) is 69.1 Å². The highest BCUT2D eigenvalue weighted by atomic mass is 19.4. The van der Waals surface area contributed by atoms with E-state index in [-0.39, 0.29) is 0 Å². The zero-order valence-corrected chi connectivity index (χ0v) is 7.19. The van der Waals surface area contributed by atoms with Gasteiger partial charge in [0.25, 0.3) is 0 Å². The van der Waals surface area contributed by atoms with E-state index >= 15 is 0 Å². The molecule has 0 fully saturated rings. The number of carbonyl (C=O) groups is 1. The predicted octanol–water partition coefficient (Wildman–Crippen LogP) is 0.930. The van der Waals surface area contributed by atoms with Gasteiger partial charge < -0.3 is 11.5 Å². The molecule has 4 N–H and O–H groups in total. The van der Waals surface area contributed by atoms with E-state index in [2.05, 4.69) is 5.73 Å². The average Bonchev–Trinajstić information content (AvgIpc) is 1.94. The Labute approximate surface area is 80.4 Å². The number of alkyl halides is 6. The van der Waals surface area contributed by atoms with Crippen LogP contribution in [-0.2, 0) is 4.79 Å². The Morgan fingerprint density at radius 3 is 1.60 bits per heavy atom. The van der Waals surface area contributed by atoms with E-state index in [1.54, 1.807) is 0 Å². The molecule has 0 radical (unpaired) electrons. The second kappa shape index (κ2) is 4.25. The van der Waals surface area contributed by atoms with Crippen molar-refractivity contribution in [1.29, 1.82) is 0 Å². The van der Waals surface area contributed by atoms with Gasteiger partial charge in [-0.05, 0) is 6.42 Å². The lowest BCUT2D eigenvalue weighted by Gasteiger charge is -2.24. The number of nitrogens with two attached hydrogens (primary N) is 2. The van der Waals surface area contributed by atoms with Gasteiger partial charge in [0, 0.05) is 0 Å². The molecular weight excluding hydrogens is 230 g/mol. The van der Waals surface area contributed by atoms with Crippen molar-refractivity contribution in [3.63, 3.8) is 0 Å². The molecule has 0 bridgehead atoms. The zero-order chi connectivity index (χ0) is 12.4. The van der Waals surface area contributed by atoms with Crippen molar-refractivity contribution in [1.82, 2.24) is 0 Å². The van der Waals surface area contributed by atoms with Gasteiger partial charge >= 0.3 is 12.4 Å². The fourth-order valence-electron chi connectivity index (χ4n) is 0.823. The number of hydrogen-bond donors (Lipinski definition) is 2. The van der Waals surface area contributed by atoms with Gasteiger partial charge in [0.15, 0.2) is 5.92 Å². The Balaban J connectivity index is 4.77. The second-order valence-corrected chi connectivity index (χ2v) is 2.88. The number of halogens is 6. The summed E-state index contributed by atoms with van der Waals surface area (Å²) in [6, 6.07) is -1.97. The molecule has 15 heavy (non-hydrogen) atoms. The number of amides is 1. The summed E-state index contributed by atoms with van der Waals surface area (Å²) in [5.41, 5.74) is 9.21. The Hall–Kier alpha value is -0.990. The highest BCUT2D eigenvalue weighted by Gasteiger charge is 2.56. The molecule has 0 aliphatic rings. The molecule has 0 spiro atoms. The average molecular weight is 238 g/mol. The molecular formula is C6H8F6N2O. The minimum atomic E-state index is -5.49. The molecule has 1 unspecified atom stereocenters. The SMILES string of the molecule is NC(=O)C(N)CC(C(F)(F)F)C(F)(F)F. The standard InChI is InChI=1S/C6H8F6N2O/c7-5(8,9)3(6(10,11)12)1-2(13)4(14)15/h2-3H,1,13H2,(H2,14,15). The van der Waals surface area contributed by atoms with Crippen molar-refractivity contribution in [3.8, 4) is 0 Å². The number of rotatable bonds is 3. The van der Waals surface area contributed by atoms with Gasteiger partial charge in [-0.2, -0.15) is 26.3 Å². The van der Waals surface area contributed by atoms with E-state index < -0.39 is 36.6 Å². The first-order valence-electron chi connectivity index (χ1n) is 3.64. The normalized spacial score (nSPS) is 15.5. The third-order valence-corrected chi connectivity index (χ3v) is 1.65. The van der Waals surface area contributed by atoms with Crippen LogP contribution in [0, 0.1) is 5.92 Å². The Bertz CT molecular complexity index is 221. The minimum absolute atomic E-state index is 1.41. The summed E-state index contributed by atoms with van der Waals surface area (Å²) in [6.07, 6.45) is -12.6. The lowest BCUT2D eigenvalue weighted by Crippen LogP contribution is -2.45. The van der Waals surface area contributed by atoms with Crippen LogP contribution in [0.1, 0.15) is 6.42 Å². The van der Waals surface area contributed by atoms with Crippen LogP contribution in [-0.4, -0.2) is 24.3 Å². The molecule has 90 valence electrons. The van der Waals surface area contributed by atoms with Crippen LogP contribution in [0.25, 0.3) is 0 Å². The first-order chi connectivity index (χ1) is 6.46. The van der Waals surface area contributed by atoms with Gasteiger partial charge in [0.05, 0.1) is 6.04 Å². The van der Waals surface area contributed by atoms with Crippen LogP contribution in [0.4, 0.5) is 26.3 Å². The van der Waals surface area contributed by atoms with Gasteiger partial charge in [-0.1, -0.05) is 0 Å². The molecule has 0 saturated carbocycles. The van der Waals surface area contributed by atoms with E-state index in [0.29, 0.717) is 0 Å². The zero-order valence-electron chi connectivity index (χ0n) is 7.19. The largest absolute Gasteiger partial charge is 0.400 e. The third-order valence-electron chi connectivity index (χ3n) is 1.65. The quantitative estimate of drug-likeness (QED) is 0.718. The molecule has 1 atom stereocenters. The fraction of sp³-hybridized carbons (Fsp3) is 0.833. The van der Waals surface area contributed by atoms with Crippen LogP contribution in [0.15, 0.2) is 0 Å². The number of hydrogen-bond acceptors (Lipinski definition) is 2. The molecule has 0 heterocycles. The first kappa shape index (κ1) is 14.0. The minimum Gasteiger partial charge on any atom is -0.368 e. The van der Waals surface area contributed by atoms with Crippen molar-refractivity contribution in [3.05, 3.63) is 0 Å². The van der Waals surface area contributed by atoms with E-state index in [0.717, 1.165) is 0 Å². The number of carbonyl (C=O) groups excluding carboxylic acids is 1. The molecule has 0 rings (SSSR count). The first-order valence-corrected chi connectivity index (χ1v) is 3.64. The van der Waals surface area contributed by atoms with Gasteiger partial charge in [-0.15, -0.1) is 0 Å². The maximum absolute atomic E-state index is 11.9. The van der Waals surface area contributed by atoms with Gasteiger partial charge in [0.2, 0.25) is 5.91 Å². The maximum atomic E-state index is 11.9. The molecule has 0 aliphatic heterocycles. The van der Waals surface area contributed by atoms with Crippen molar-refractivity contribution in [2.75, 3.05) is 0 Å². The molecule has 9 heteroatoms. The van der Waals surface area contributed by atoms with Crippen LogP contribution in [0.3, 0.4) is 0 Å². The van der Waals surface area contributed by atoms with Crippen molar-refractivity contribution < 1.29 is 31.1 Å². The summed E-state index contributed by atoms with van der Waals surface area (Å²) in [5.74, 6) is -5.04. The summed E-state index contributed by atoms with van der Waals surface area (Å²) < 4.78 is 71.5. The van der Waals surface area contributed by atoms with Crippen LogP contribution < -0.4 is 11.5 Å². The molecule has 0 aromatic heterocycles. The van der Waals surface area contributed by atoms with E-state index in [1.807, 2.05) is 0 Å². The second-order valence-electron chi connectivity index (χ2n) is 2.88. The molecule has 0 aliphatic carbocycles. The molecule has 3 nitrogen and oxygen atoms in total. The summed E-state index contributed by atoms with van der Waals surface area (Å²) in [5, 5.41) is 0. The number of primary amides is 1. The summed E-state index contributed by atoms with van der Waals surface area (Å²) >= 11 is 0. The van der Waals surface area contributed by atoms with Crippen molar-refractivity contribution >= 4 is 5.91 Å². The van der Waals surface area contributed by atoms with E-state index in [1.165, 1.54) is 0 Å². The lowest BCUT2D eigenvalue weighted by molar-refractivity contribution is -0.286. The molecule has 0 aromatic carbocycles. The Kier molecular flexibility index (Phi) is 3.97. The van der Waals surface area contributed by atoms with Gasteiger partial charge in [-0.3, -0.25) is 4.79 Å². The Morgan fingerprint density at radius 2 is 1.40 bits per heavy atom. The van der Waals surface area contributed by atoms with Gasteiger partial charge in [0.1, 0.15) is 0 Å². The fourth-order valence-corrected chi connectivity index (χ4v) is 0.823. The van der Waals surface area contributed by atoms with Crippen molar-refractivity contribution in [2.45, 2.75) is 24.8 Å². The highest BCUT2D eigenvalue weighted by Crippen LogP contribution is 2.41. The van der Waals surface area contributed by atoms with Gasteiger partial charge in [-0.25, -0.2) is 0 Å². The van der Waals surface area contributed by atoms with Crippen LogP contribution >= 0.6 is 0 Å². The monoisotopic (exact) mass is 238 g/mol. The maximum Gasteiger partial charge on any atom is 0.400 e. The van der Waals surface area contributed by atoms with Crippen LogP contribution in [0.5, 0.6) is 0 Å². The van der Waals surface area contributed by atoms with Crippen molar-refractivity contribution in [2.24, 2.45) is 17.4 Å². The summed E-state index contributed by atoms with van der Waals surface area (Å²) in [4.78, 5) is 10.3. The molecule has 0 saturated heterocycles. The van der Waals surface area contributed by atoms with E-state index in [9.17, 15) is 31.1 Å². The molecule has 0 aromatic rings. The Morgan fingerprint density at radius 1 is 1.07 bits per heavy atom. The summed E-state index contributed by atoms with van der Waals surface area (Å²) in [7, 11) is 0. The highest BCUT2D eigenvalue weighted by molar-refractivity contribution is 5.79. The van der Waals surface area contributed by atoms with E-state index in [4.69, 9.17) is 5.73 Å². The van der Waals surface area contributed by atoms with Crippen LogP contribution in [0.2, 0.25) is 0 Å².